The molecule has 0 bridgehead atoms. The molecule has 0 saturated carbocycles. The zero-order chi connectivity index (χ0) is 20.9. The number of aryl methyl sites for hydroxylation is 1. The van der Waals surface area contributed by atoms with E-state index in [9.17, 15) is 4.79 Å². The lowest BCUT2D eigenvalue weighted by molar-refractivity contribution is -0.136. The number of piperidine rings is 1. The molecule has 7 nitrogen and oxygen atoms in total. The quantitative estimate of drug-likeness (QED) is 0.730. The zero-order valence-corrected chi connectivity index (χ0v) is 18.0. The van der Waals surface area contributed by atoms with Crippen LogP contribution >= 0.6 is 0 Å². The Labute approximate surface area is 178 Å². The van der Waals surface area contributed by atoms with E-state index in [0.29, 0.717) is 13.0 Å². The Morgan fingerprint density at radius 2 is 2.10 bits per heavy atom. The molecule has 1 unspecified atom stereocenters. The number of fused-ring (bicyclic) bond motifs is 1. The van der Waals surface area contributed by atoms with Crippen molar-refractivity contribution in [3.8, 4) is 0 Å². The number of rotatable bonds is 6. The Hall–Kier alpha value is -2.54. The molecule has 2 aromatic heterocycles. The minimum atomic E-state index is -0.0502. The largest absolute Gasteiger partial charge is 0.384 e. The third-order valence-corrected chi connectivity index (χ3v) is 6.08. The average Bonchev–Trinajstić information content (AvgIpc) is 2.78. The number of carbonyl (C=O) groups is 1. The number of hydrogen-bond donors (Lipinski definition) is 0. The molecule has 0 N–H and O–H groups in total. The van der Waals surface area contributed by atoms with Crippen LogP contribution in [0.5, 0.6) is 0 Å². The highest BCUT2D eigenvalue weighted by atomic mass is 16.5. The standard InChI is InChI=1S/C23H31N5O2/c1-17-19-9-7-13-27(16-18-8-3-5-12-24-18)23(19)26-22(25-17)20-10-4-6-14-28(20)21(29)11-15-30-2/h3,5,8,12,20H,4,6-7,9-11,13-16H2,1-2H3. The summed E-state index contributed by atoms with van der Waals surface area (Å²) in [6.45, 7) is 4.99. The highest BCUT2D eigenvalue weighted by molar-refractivity contribution is 5.76. The van der Waals surface area contributed by atoms with E-state index in [1.54, 1.807) is 7.11 Å². The van der Waals surface area contributed by atoms with E-state index in [1.165, 1.54) is 5.56 Å². The van der Waals surface area contributed by atoms with Crippen LogP contribution in [0.1, 0.15) is 60.9 Å². The number of nitrogens with zero attached hydrogens (tertiary/aromatic N) is 5. The second-order valence-electron chi connectivity index (χ2n) is 8.16. The van der Waals surface area contributed by atoms with Crippen LogP contribution in [0.25, 0.3) is 0 Å². The number of amides is 1. The lowest BCUT2D eigenvalue weighted by Crippen LogP contribution is -2.40. The Morgan fingerprint density at radius 3 is 2.90 bits per heavy atom. The minimum absolute atomic E-state index is 0.0502. The molecule has 2 aromatic rings. The lowest BCUT2D eigenvalue weighted by atomic mass is 9.99. The summed E-state index contributed by atoms with van der Waals surface area (Å²) < 4.78 is 5.12. The molecule has 0 spiro atoms. The summed E-state index contributed by atoms with van der Waals surface area (Å²) in [4.78, 5) is 31.5. The molecule has 1 atom stereocenters. The van der Waals surface area contributed by atoms with Gasteiger partial charge in [0.25, 0.3) is 0 Å². The van der Waals surface area contributed by atoms with E-state index in [1.807, 2.05) is 23.2 Å². The predicted molar refractivity (Wildman–Crippen MR) is 115 cm³/mol. The number of hydrogen-bond acceptors (Lipinski definition) is 6. The fraction of sp³-hybridized carbons (Fsp3) is 0.565. The molecule has 1 saturated heterocycles. The molecular formula is C23H31N5O2. The van der Waals surface area contributed by atoms with Gasteiger partial charge in [-0.25, -0.2) is 9.97 Å². The minimum Gasteiger partial charge on any atom is -0.384 e. The molecule has 7 heteroatoms. The summed E-state index contributed by atoms with van der Waals surface area (Å²) in [5.41, 5.74) is 3.31. The zero-order valence-electron chi connectivity index (χ0n) is 18.0. The molecule has 30 heavy (non-hydrogen) atoms. The first-order valence-electron chi connectivity index (χ1n) is 11.0. The highest BCUT2D eigenvalue weighted by Crippen LogP contribution is 2.34. The van der Waals surface area contributed by atoms with Crippen molar-refractivity contribution in [2.45, 2.75) is 58.0 Å². The number of ether oxygens (including phenoxy) is 1. The highest BCUT2D eigenvalue weighted by Gasteiger charge is 2.32. The van der Waals surface area contributed by atoms with E-state index in [-0.39, 0.29) is 11.9 Å². The van der Waals surface area contributed by atoms with Crippen LogP contribution in [0.15, 0.2) is 24.4 Å². The Morgan fingerprint density at radius 1 is 1.20 bits per heavy atom. The number of likely N-dealkylation sites (tertiary alicyclic amines) is 1. The van der Waals surface area contributed by atoms with Crippen LogP contribution in [0.4, 0.5) is 5.82 Å². The summed E-state index contributed by atoms with van der Waals surface area (Å²) in [6.07, 6.45) is 7.37. The Balaban J connectivity index is 1.63. The first kappa shape index (κ1) is 20.7. The molecule has 2 aliphatic rings. The van der Waals surface area contributed by atoms with Gasteiger partial charge < -0.3 is 14.5 Å². The van der Waals surface area contributed by atoms with E-state index in [2.05, 4.69) is 22.9 Å². The van der Waals surface area contributed by atoms with Crippen LogP contribution < -0.4 is 4.90 Å². The molecular weight excluding hydrogens is 378 g/mol. The smallest absolute Gasteiger partial charge is 0.225 e. The second-order valence-corrected chi connectivity index (χ2v) is 8.16. The van der Waals surface area contributed by atoms with Gasteiger partial charge in [0.2, 0.25) is 5.91 Å². The van der Waals surface area contributed by atoms with Crippen molar-refractivity contribution in [3.63, 3.8) is 0 Å². The second kappa shape index (κ2) is 9.51. The maximum Gasteiger partial charge on any atom is 0.225 e. The number of pyridine rings is 1. The van der Waals surface area contributed by atoms with Crippen LogP contribution in [0.3, 0.4) is 0 Å². The average molecular weight is 410 g/mol. The van der Waals surface area contributed by atoms with Crippen molar-refractivity contribution in [2.24, 2.45) is 0 Å². The number of methoxy groups -OCH3 is 1. The lowest BCUT2D eigenvalue weighted by Gasteiger charge is -2.36. The normalized spacial score (nSPS) is 18.9. The van der Waals surface area contributed by atoms with Crippen molar-refractivity contribution in [3.05, 3.63) is 47.2 Å². The SMILES string of the molecule is COCCC(=O)N1CCCCC1c1nc(C)c2c(n1)N(Cc1ccccn1)CCC2. The van der Waals surface area contributed by atoms with Gasteiger partial charge in [-0.05, 0) is 51.2 Å². The van der Waals surface area contributed by atoms with Crippen molar-refractivity contribution < 1.29 is 9.53 Å². The first-order chi connectivity index (χ1) is 14.7. The van der Waals surface area contributed by atoms with Crippen LogP contribution in [0.2, 0.25) is 0 Å². The molecule has 160 valence electrons. The molecule has 1 fully saturated rings. The summed E-state index contributed by atoms with van der Waals surface area (Å²) in [6, 6.07) is 5.97. The van der Waals surface area contributed by atoms with E-state index in [4.69, 9.17) is 14.7 Å². The predicted octanol–water partition coefficient (Wildman–Crippen LogP) is 3.22. The van der Waals surface area contributed by atoms with Crippen molar-refractivity contribution in [2.75, 3.05) is 31.7 Å². The van der Waals surface area contributed by atoms with Crippen molar-refractivity contribution >= 4 is 11.7 Å². The first-order valence-corrected chi connectivity index (χ1v) is 11.0. The number of aromatic nitrogens is 3. The van der Waals surface area contributed by atoms with Crippen LogP contribution in [-0.2, 0) is 22.5 Å². The van der Waals surface area contributed by atoms with Gasteiger partial charge in [-0.2, -0.15) is 0 Å². The monoisotopic (exact) mass is 409 g/mol. The van der Waals surface area contributed by atoms with Gasteiger partial charge in [-0.1, -0.05) is 6.07 Å². The van der Waals surface area contributed by atoms with Crippen molar-refractivity contribution in [1.29, 1.82) is 0 Å². The molecule has 4 heterocycles. The summed E-state index contributed by atoms with van der Waals surface area (Å²) in [7, 11) is 1.63. The van der Waals surface area contributed by atoms with E-state index in [0.717, 1.165) is 74.8 Å². The summed E-state index contributed by atoms with van der Waals surface area (Å²) >= 11 is 0. The molecule has 4 rings (SSSR count). The van der Waals surface area contributed by atoms with Gasteiger partial charge in [-0.15, -0.1) is 0 Å². The topological polar surface area (TPSA) is 71.5 Å². The molecule has 0 aromatic carbocycles. The fourth-order valence-electron chi connectivity index (χ4n) is 4.53. The molecule has 1 amide bonds. The maximum atomic E-state index is 12.8. The summed E-state index contributed by atoms with van der Waals surface area (Å²) in [5, 5.41) is 0. The van der Waals surface area contributed by atoms with Crippen LogP contribution in [-0.4, -0.2) is 52.6 Å². The maximum absolute atomic E-state index is 12.8. The number of anilines is 1. The van der Waals surface area contributed by atoms with E-state index < -0.39 is 0 Å². The van der Waals surface area contributed by atoms with Crippen molar-refractivity contribution in [1.82, 2.24) is 19.9 Å². The van der Waals surface area contributed by atoms with Gasteiger partial charge in [0.1, 0.15) is 5.82 Å². The van der Waals surface area contributed by atoms with Gasteiger partial charge in [0.15, 0.2) is 5.82 Å². The third kappa shape index (κ3) is 4.46. The Bertz CT molecular complexity index is 873. The van der Waals surface area contributed by atoms with Gasteiger partial charge in [0, 0.05) is 37.7 Å². The molecule has 2 aliphatic heterocycles. The molecule has 0 radical (unpaired) electrons. The fourth-order valence-corrected chi connectivity index (χ4v) is 4.53. The van der Waals surface area contributed by atoms with Crippen LogP contribution in [0, 0.1) is 6.92 Å². The Kier molecular flexibility index (Phi) is 6.57. The van der Waals surface area contributed by atoms with Gasteiger partial charge >= 0.3 is 0 Å². The third-order valence-electron chi connectivity index (χ3n) is 6.08. The molecule has 0 aliphatic carbocycles. The number of carbonyl (C=O) groups excluding carboxylic acids is 1. The van der Waals surface area contributed by atoms with Gasteiger partial charge in [0.05, 0.1) is 31.3 Å². The summed E-state index contributed by atoms with van der Waals surface area (Å²) in [5.74, 6) is 1.93. The van der Waals surface area contributed by atoms with E-state index >= 15 is 0 Å². The van der Waals surface area contributed by atoms with Gasteiger partial charge in [-0.3, -0.25) is 9.78 Å².